The Kier molecular flexibility index (Phi) is 12.5. The lowest BCUT2D eigenvalue weighted by atomic mass is 10.8. The molecule has 0 N–H and O–H groups in total. The van der Waals surface area contributed by atoms with Crippen molar-refractivity contribution in [3.05, 3.63) is 0 Å². The molecule has 0 aliphatic rings. The van der Waals surface area contributed by atoms with E-state index in [0.717, 1.165) is 24.7 Å². The molecule has 0 heterocycles. The molecule has 2 unspecified atom stereocenters. The number of ether oxygens (including phenoxy) is 2. The van der Waals surface area contributed by atoms with Crippen molar-refractivity contribution >= 4 is 39.2 Å². The van der Waals surface area contributed by atoms with E-state index in [1.165, 1.54) is 0 Å². The zero-order valence-electron chi connectivity index (χ0n) is 12.8. The van der Waals surface area contributed by atoms with Gasteiger partial charge in [-0.25, -0.2) is 0 Å². The first kappa shape index (κ1) is 19.1. The molecule has 6 heteroatoms. The first-order valence-electron chi connectivity index (χ1n) is 7.00. The van der Waals surface area contributed by atoms with Crippen LogP contribution in [0.1, 0.15) is 13.8 Å². The van der Waals surface area contributed by atoms with E-state index in [4.69, 9.17) is 9.47 Å². The van der Waals surface area contributed by atoms with E-state index in [0.29, 0.717) is 11.5 Å². The molecule has 0 spiro atoms. The highest BCUT2D eigenvalue weighted by atomic mass is 33.1. The van der Waals surface area contributed by atoms with Gasteiger partial charge in [-0.1, -0.05) is 47.8 Å². The van der Waals surface area contributed by atoms with Gasteiger partial charge in [0.25, 0.3) is 0 Å². The molecule has 0 aliphatic carbocycles. The Morgan fingerprint density at radius 3 is 1.33 bits per heavy atom. The summed E-state index contributed by atoms with van der Waals surface area (Å²) in [5.41, 5.74) is 1.05. The fraction of sp³-hybridized carbons (Fsp3) is 1.00. The number of hydrogen-bond acceptors (Lipinski definition) is 4. The third kappa shape index (κ3) is 9.04. The average Bonchev–Trinajstić information content (AvgIpc) is 2.30. The molecule has 110 valence electrons. The smallest absolute Gasteiger partial charge is 0.0667 e. The van der Waals surface area contributed by atoms with Crippen LogP contribution in [0.5, 0.6) is 0 Å². The van der Waals surface area contributed by atoms with Crippen molar-refractivity contribution in [1.82, 2.24) is 0 Å². The van der Waals surface area contributed by atoms with Gasteiger partial charge in [-0.15, -0.1) is 0 Å². The summed E-state index contributed by atoms with van der Waals surface area (Å²) in [4.78, 5) is 0. The highest BCUT2D eigenvalue weighted by Crippen LogP contribution is 2.25. The SMILES string of the molecule is CCOC(CSSCC(OCC)[SiH](C)C)[SiH](C)C. The maximum absolute atomic E-state index is 5.81. The number of hydrogen-bond donors (Lipinski definition) is 0. The van der Waals surface area contributed by atoms with E-state index < -0.39 is 17.6 Å². The van der Waals surface area contributed by atoms with Crippen molar-refractivity contribution in [1.29, 1.82) is 0 Å². The molecule has 0 aromatic rings. The van der Waals surface area contributed by atoms with Crippen LogP contribution in [-0.2, 0) is 9.47 Å². The topological polar surface area (TPSA) is 18.5 Å². The van der Waals surface area contributed by atoms with Crippen LogP contribution in [0.3, 0.4) is 0 Å². The minimum atomic E-state index is -0.682. The van der Waals surface area contributed by atoms with Crippen LogP contribution in [0.15, 0.2) is 0 Å². The summed E-state index contributed by atoms with van der Waals surface area (Å²) in [5, 5.41) is 0. The number of rotatable bonds is 11. The molecule has 0 rings (SSSR count). The fourth-order valence-corrected chi connectivity index (χ4v) is 9.21. The van der Waals surface area contributed by atoms with Crippen LogP contribution < -0.4 is 0 Å². The minimum Gasteiger partial charge on any atom is -0.381 e. The summed E-state index contributed by atoms with van der Waals surface area (Å²) in [6.07, 6.45) is 0. The van der Waals surface area contributed by atoms with Crippen molar-refractivity contribution in [3.8, 4) is 0 Å². The van der Waals surface area contributed by atoms with Gasteiger partial charge in [0.2, 0.25) is 0 Å². The summed E-state index contributed by atoms with van der Waals surface area (Å²) in [6.45, 7) is 15.4. The lowest BCUT2D eigenvalue weighted by molar-refractivity contribution is 0.129. The Morgan fingerprint density at radius 1 is 0.778 bits per heavy atom. The van der Waals surface area contributed by atoms with Gasteiger partial charge >= 0.3 is 0 Å². The van der Waals surface area contributed by atoms with Gasteiger partial charge in [0.05, 0.1) is 29.0 Å². The fourth-order valence-electron chi connectivity index (χ4n) is 1.52. The van der Waals surface area contributed by atoms with Crippen LogP contribution in [0.2, 0.25) is 26.2 Å². The van der Waals surface area contributed by atoms with Gasteiger partial charge in [-0.2, -0.15) is 0 Å². The van der Waals surface area contributed by atoms with Crippen molar-refractivity contribution in [3.63, 3.8) is 0 Å². The molecule has 18 heavy (non-hydrogen) atoms. The van der Waals surface area contributed by atoms with Crippen LogP contribution in [0.25, 0.3) is 0 Å². The van der Waals surface area contributed by atoms with Crippen LogP contribution in [-0.4, -0.2) is 53.8 Å². The van der Waals surface area contributed by atoms with E-state index in [2.05, 4.69) is 40.0 Å². The minimum absolute atomic E-state index is 0.523. The first-order valence-corrected chi connectivity index (χ1v) is 15.4. The second-order valence-electron chi connectivity index (χ2n) is 5.04. The standard InChI is InChI=1S/C12H30O2S2Si2/c1-7-13-11(17(3)4)9-15-16-10-12(14-8-2)18(5)6/h11-12,17-18H,7-10H2,1-6H3. The Hall–Kier alpha value is 1.05. The Labute approximate surface area is 125 Å². The molecular weight excluding hydrogens is 296 g/mol. The van der Waals surface area contributed by atoms with E-state index in [1.807, 2.05) is 21.6 Å². The molecule has 0 aliphatic heterocycles. The van der Waals surface area contributed by atoms with E-state index >= 15 is 0 Å². The lowest BCUT2D eigenvalue weighted by Crippen LogP contribution is -2.31. The molecule has 0 bridgehead atoms. The molecule has 2 nitrogen and oxygen atoms in total. The Morgan fingerprint density at radius 2 is 1.11 bits per heavy atom. The third-order valence-corrected chi connectivity index (χ3v) is 9.72. The first-order chi connectivity index (χ1) is 8.52. The van der Waals surface area contributed by atoms with Gasteiger partial charge in [0.15, 0.2) is 0 Å². The van der Waals surface area contributed by atoms with Gasteiger partial charge in [0.1, 0.15) is 0 Å². The van der Waals surface area contributed by atoms with Gasteiger partial charge in [-0.3, -0.25) is 0 Å². The summed E-state index contributed by atoms with van der Waals surface area (Å²) >= 11 is 0. The van der Waals surface area contributed by atoms with Crippen LogP contribution in [0, 0.1) is 0 Å². The zero-order chi connectivity index (χ0) is 14.0. The van der Waals surface area contributed by atoms with Gasteiger partial charge in [0, 0.05) is 24.7 Å². The maximum atomic E-state index is 5.81. The quantitative estimate of drug-likeness (QED) is 0.329. The molecule has 0 aromatic heterocycles. The normalized spacial score (nSPS) is 15.3. The molecule has 0 fully saturated rings. The predicted octanol–water partition coefficient (Wildman–Crippen LogP) is 3.23. The predicted molar refractivity (Wildman–Crippen MR) is 93.5 cm³/mol. The molecule has 0 amide bonds. The largest absolute Gasteiger partial charge is 0.381 e. The summed E-state index contributed by atoms with van der Waals surface area (Å²) < 4.78 is 11.6. The monoisotopic (exact) mass is 326 g/mol. The van der Waals surface area contributed by atoms with Gasteiger partial charge < -0.3 is 9.47 Å². The molecule has 0 saturated heterocycles. The molecule has 0 radical (unpaired) electrons. The summed E-state index contributed by atoms with van der Waals surface area (Å²) in [6, 6.07) is 0. The maximum Gasteiger partial charge on any atom is 0.0667 e. The van der Waals surface area contributed by atoms with Crippen molar-refractivity contribution in [2.75, 3.05) is 24.7 Å². The highest BCUT2D eigenvalue weighted by molar-refractivity contribution is 8.76. The molecular formula is C12H30O2S2Si2. The second kappa shape index (κ2) is 11.8. The van der Waals surface area contributed by atoms with Gasteiger partial charge in [-0.05, 0) is 13.8 Å². The zero-order valence-corrected chi connectivity index (χ0v) is 16.7. The summed E-state index contributed by atoms with van der Waals surface area (Å²) in [5.74, 6) is 2.28. The lowest BCUT2D eigenvalue weighted by Gasteiger charge is -2.21. The molecule has 0 aromatic carbocycles. The highest BCUT2D eigenvalue weighted by Gasteiger charge is 2.17. The van der Waals surface area contributed by atoms with Crippen molar-refractivity contribution in [2.24, 2.45) is 0 Å². The summed E-state index contributed by atoms with van der Waals surface area (Å²) in [7, 11) is 2.57. The van der Waals surface area contributed by atoms with Crippen LogP contribution >= 0.6 is 21.6 Å². The van der Waals surface area contributed by atoms with E-state index in [-0.39, 0.29) is 0 Å². The average molecular weight is 327 g/mol. The van der Waals surface area contributed by atoms with Crippen LogP contribution in [0.4, 0.5) is 0 Å². The van der Waals surface area contributed by atoms with E-state index in [1.54, 1.807) is 0 Å². The molecule has 0 saturated carbocycles. The second-order valence-corrected chi connectivity index (χ2v) is 14.1. The van der Waals surface area contributed by atoms with Crippen molar-refractivity contribution < 1.29 is 9.47 Å². The Bertz CT molecular complexity index is 175. The van der Waals surface area contributed by atoms with Crippen molar-refractivity contribution in [2.45, 2.75) is 51.5 Å². The Balaban J connectivity index is 3.80. The van der Waals surface area contributed by atoms with E-state index in [9.17, 15) is 0 Å². The molecule has 2 atom stereocenters. The third-order valence-electron chi connectivity index (χ3n) is 2.80.